The third kappa shape index (κ3) is 1.76. The number of methoxy groups -OCH3 is 2. The molecule has 0 bridgehead atoms. The average Bonchev–Trinajstić information content (AvgIpc) is 2.28. The number of hydrogen-bond acceptors (Lipinski definition) is 4. The van der Waals surface area contributed by atoms with Crippen LogP contribution < -0.4 is 9.47 Å². The molecule has 0 spiro atoms. The summed E-state index contributed by atoms with van der Waals surface area (Å²) in [5.74, 6) is 2.46. The Morgan fingerprint density at radius 1 is 1.31 bits per heavy atom. The van der Waals surface area contributed by atoms with Gasteiger partial charge < -0.3 is 14.2 Å². The molecule has 0 aliphatic carbocycles. The molecule has 0 unspecified atom stereocenters. The molecule has 16 heavy (non-hydrogen) atoms. The van der Waals surface area contributed by atoms with E-state index in [1.165, 1.54) is 0 Å². The maximum absolute atomic E-state index is 5.38. The molecule has 0 saturated carbocycles. The zero-order valence-corrected chi connectivity index (χ0v) is 10.4. The number of benzene rings is 1. The molecule has 4 heteroatoms. The second-order valence-corrected chi connectivity index (χ2v) is 4.31. The molecule has 1 saturated heterocycles. The summed E-state index contributed by atoms with van der Waals surface area (Å²) in [6, 6.07) is 5.84. The molecule has 1 fully saturated rings. The fourth-order valence-corrected chi connectivity index (χ4v) is 2.26. The molecule has 1 heterocycles. The summed E-state index contributed by atoms with van der Waals surface area (Å²) in [4.78, 5) is 0. The Kier molecular flexibility index (Phi) is 3.30. The number of ether oxygens (including phenoxy) is 3. The van der Waals surface area contributed by atoms with E-state index in [1.807, 2.05) is 18.2 Å². The monoisotopic (exact) mass is 240 g/mol. The summed E-state index contributed by atoms with van der Waals surface area (Å²) in [6.45, 7) is 1.39. The smallest absolute Gasteiger partial charge is 0.123 e. The van der Waals surface area contributed by atoms with E-state index in [-0.39, 0.29) is 5.41 Å². The average molecular weight is 240 g/mol. The van der Waals surface area contributed by atoms with Crippen LogP contribution in [0.4, 0.5) is 0 Å². The van der Waals surface area contributed by atoms with E-state index in [0.29, 0.717) is 13.2 Å². The first-order valence-corrected chi connectivity index (χ1v) is 5.80. The van der Waals surface area contributed by atoms with Crippen LogP contribution in [0.25, 0.3) is 0 Å². The van der Waals surface area contributed by atoms with Gasteiger partial charge in [-0.3, -0.25) is 0 Å². The second kappa shape index (κ2) is 4.55. The van der Waals surface area contributed by atoms with Crippen molar-refractivity contribution in [2.24, 2.45) is 0 Å². The third-order valence-corrected chi connectivity index (χ3v) is 3.64. The lowest BCUT2D eigenvalue weighted by Crippen LogP contribution is -2.48. The summed E-state index contributed by atoms with van der Waals surface area (Å²) >= 11 is 4.42. The fourth-order valence-electron chi connectivity index (χ4n) is 1.91. The van der Waals surface area contributed by atoms with Gasteiger partial charge in [-0.1, -0.05) is 0 Å². The molecule has 88 valence electrons. The van der Waals surface area contributed by atoms with E-state index in [9.17, 15) is 0 Å². The normalized spacial score (nSPS) is 17.7. The van der Waals surface area contributed by atoms with Gasteiger partial charge in [-0.15, -0.1) is 0 Å². The van der Waals surface area contributed by atoms with Crippen LogP contribution in [0.3, 0.4) is 0 Å². The minimum atomic E-state index is -0.0248. The van der Waals surface area contributed by atoms with E-state index in [1.54, 1.807) is 14.2 Å². The van der Waals surface area contributed by atoms with Crippen LogP contribution in [-0.2, 0) is 10.2 Å². The summed E-state index contributed by atoms with van der Waals surface area (Å²) < 4.78 is 15.9. The Morgan fingerprint density at radius 3 is 2.50 bits per heavy atom. The van der Waals surface area contributed by atoms with E-state index in [2.05, 4.69) is 12.6 Å². The van der Waals surface area contributed by atoms with Crippen molar-refractivity contribution in [3.05, 3.63) is 23.8 Å². The third-order valence-electron chi connectivity index (χ3n) is 3.04. The molecule has 3 nitrogen and oxygen atoms in total. The Morgan fingerprint density at radius 2 is 2.06 bits per heavy atom. The van der Waals surface area contributed by atoms with Crippen molar-refractivity contribution >= 4 is 12.6 Å². The van der Waals surface area contributed by atoms with Crippen molar-refractivity contribution in [2.45, 2.75) is 5.41 Å². The molecule has 0 atom stereocenters. The maximum atomic E-state index is 5.38. The lowest BCUT2D eigenvalue weighted by Gasteiger charge is -2.41. The van der Waals surface area contributed by atoms with E-state index in [0.717, 1.165) is 22.8 Å². The van der Waals surface area contributed by atoms with E-state index < -0.39 is 0 Å². The molecular formula is C12H16O3S. The van der Waals surface area contributed by atoms with Crippen LogP contribution in [0.2, 0.25) is 0 Å². The topological polar surface area (TPSA) is 27.7 Å². The molecule has 0 aromatic heterocycles. The Hall–Kier alpha value is -0.870. The van der Waals surface area contributed by atoms with Gasteiger partial charge in [0.15, 0.2) is 0 Å². The predicted molar refractivity (Wildman–Crippen MR) is 65.9 cm³/mol. The van der Waals surface area contributed by atoms with E-state index >= 15 is 0 Å². The maximum Gasteiger partial charge on any atom is 0.123 e. The van der Waals surface area contributed by atoms with Gasteiger partial charge in [0.2, 0.25) is 0 Å². The van der Waals surface area contributed by atoms with Gasteiger partial charge in [-0.05, 0) is 18.2 Å². The summed E-state index contributed by atoms with van der Waals surface area (Å²) in [6.07, 6.45) is 0. The largest absolute Gasteiger partial charge is 0.497 e. The lowest BCUT2D eigenvalue weighted by molar-refractivity contribution is -0.0480. The van der Waals surface area contributed by atoms with Gasteiger partial charge >= 0.3 is 0 Å². The van der Waals surface area contributed by atoms with Crippen LogP contribution in [0, 0.1) is 0 Å². The molecule has 0 N–H and O–H groups in total. The van der Waals surface area contributed by atoms with Gasteiger partial charge in [0.05, 0.1) is 32.8 Å². The highest BCUT2D eigenvalue weighted by Gasteiger charge is 2.41. The van der Waals surface area contributed by atoms with Gasteiger partial charge in [-0.2, -0.15) is 12.6 Å². The number of hydrogen-bond donors (Lipinski definition) is 1. The lowest BCUT2D eigenvalue weighted by atomic mass is 9.80. The van der Waals surface area contributed by atoms with Gasteiger partial charge in [-0.25, -0.2) is 0 Å². The first-order chi connectivity index (χ1) is 7.75. The van der Waals surface area contributed by atoms with Crippen molar-refractivity contribution in [3.8, 4) is 11.5 Å². The molecular weight excluding hydrogens is 224 g/mol. The quantitative estimate of drug-likeness (QED) is 0.815. The second-order valence-electron chi connectivity index (χ2n) is 4.00. The molecule has 1 aliphatic heterocycles. The Labute approximate surface area is 101 Å². The van der Waals surface area contributed by atoms with Crippen molar-refractivity contribution in [3.63, 3.8) is 0 Å². The van der Waals surface area contributed by atoms with Gasteiger partial charge in [0.25, 0.3) is 0 Å². The highest BCUT2D eigenvalue weighted by Crippen LogP contribution is 2.40. The summed E-state index contributed by atoms with van der Waals surface area (Å²) in [7, 11) is 3.34. The van der Waals surface area contributed by atoms with Crippen molar-refractivity contribution in [1.29, 1.82) is 0 Å². The van der Waals surface area contributed by atoms with Crippen LogP contribution in [0.15, 0.2) is 18.2 Å². The summed E-state index contributed by atoms with van der Waals surface area (Å²) in [5, 5.41) is 0. The fraction of sp³-hybridized carbons (Fsp3) is 0.500. The molecule has 0 radical (unpaired) electrons. The van der Waals surface area contributed by atoms with Crippen molar-refractivity contribution in [2.75, 3.05) is 33.2 Å². The Balaban J connectivity index is 2.43. The standard InChI is InChI=1S/C12H16O3S/c1-13-9-3-4-11(14-2)10(5-9)12(8-16)6-15-7-12/h3-5,16H,6-8H2,1-2H3. The predicted octanol–water partition coefficient (Wildman–Crippen LogP) is 1.90. The zero-order chi connectivity index (χ0) is 11.6. The highest BCUT2D eigenvalue weighted by atomic mass is 32.1. The van der Waals surface area contributed by atoms with Crippen molar-refractivity contribution in [1.82, 2.24) is 0 Å². The van der Waals surface area contributed by atoms with Crippen LogP contribution in [-0.4, -0.2) is 33.2 Å². The number of rotatable bonds is 4. The van der Waals surface area contributed by atoms with E-state index in [4.69, 9.17) is 14.2 Å². The first kappa shape index (κ1) is 11.6. The first-order valence-electron chi connectivity index (χ1n) is 5.17. The molecule has 2 rings (SSSR count). The van der Waals surface area contributed by atoms with Gasteiger partial charge in [0, 0.05) is 11.3 Å². The molecule has 1 aromatic carbocycles. The minimum absolute atomic E-state index is 0.0248. The highest BCUT2D eigenvalue weighted by molar-refractivity contribution is 7.80. The SMILES string of the molecule is COc1ccc(OC)c(C2(CS)COC2)c1. The zero-order valence-electron chi connectivity index (χ0n) is 9.53. The van der Waals surface area contributed by atoms with Crippen LogP contribution in [0.1, 0.15) is 5.56 Å². The van der Waals surface area contributed by atoms with Crippen LogP contribution >= 0.6 is 12.6 Å². The Bertz CT molecular complexity index is 369. The molecule has 0 amide bonds. The number of thiol groups is 1. The van der Waals surface area contributed by atoms with Crippen molar-refractivity contribution < 1.29 is 14.2 Å². The summed E-state index contributed by atoms with van der Waals surface area (Å²) in [5.41, 5.74) is 1.10. The minimum Gasteiger partial charge on any atom is -0.497 e. The van der Waals surface area contributed by atoms with Crippen LogP contribution in [0.5, 0.6) is 11.5 Å². The molecule has 1 aliphatic rings. The van der Waals surface area contributed by atoms with Gasteiger partial charge in [0.1, 0.15) is 11.5 Å². The molecule has 1 aromatic rings.